The van der Waals surface area contributed by atoms with Crippen molar-refractivity contribution in [3.8, 4) is 5.75 Å². The van der Waals surface area contributed by atoms with Crippen LogP contribution in [0.3, 0.4) is 0 Å². The fourth-order valence-corrected chi connectivity index (χ4v) is 4.39. The Balaban J connectivity index is 1.14. The molecule has 5 nitrogen and oxygen atoms in total. The number of hydrogen-bond donors (Lipinski definition) is 1. The molecule has 0 radical (unpaired) electrons. The minimum atomic E-state index is -0.00286. The number of carbonyl (C=O) groups is 1. The number of nitrogens with one attached hydrogen (secondary N) is 1. The third-order valence-electron chi connectivity index (χ3n) is 6.09. The van der Waals surface area contributed by atoms with Gasteiger partial charge in [0.2, 0.25) is 5.91 Å². The number of furan rings is 1. The maximum Gasteiger partial charge on any atom is 0.224 e. The molecule has 0 saturated carbocycles. The first kappa shape index (κ1) is 19.2. The third kappa shape index (κ3) is 4.21. The maximum absolute atomic E-state index is 12.5. The molecule has 3 aromatic rings. The van der Waals surface area contributed by atoms with Crippen molar-refractivity contribution in [3.05, 3.63) is 64.9 Å². The van der Waals surface area contributed by atoms with Crippen molar-refractivity contribution in [2.45, 2.75) is 51.2 Å². The van der Waals surface area contributed by atoms with Crippen molar-refractivity contribution in [2.24, 2.45) is 0 Å². The van der Waals surface area contributed by atoms with Crippen LogP contribution in [0.4, 0.5) is 0 Å². The first-order chi connectivity index (χ1) is 14.7. The molecule has 2 aromatic carbocycles. The standard InChI is InChI=1S/C25H27NO4/c27-25(13-20-15-30-24-12-19-4-1-3-18(19)11-23(20)24)26-14-17-6-8-21(9-7-17)29-16-22-5-2-10-28-22/h6-9,11-12,15,22H,1-5,10,13-14,16H2,(H,26,27). The lowest BCUT2D eigenvalue weighted by molar-refractivity contribution is -0.120. The van der Waals surface area contributed by atoms with Gasteiger partial charge in [0.05, 0.1) is 18.8 Å². The Labute approximate surface area is 176 Å². The number of ether oxygens (including phenoxy) is 2. The van der Waals surface area contributed by atoms with Crippen LogP contribution in [0.25, 0.3) is 11.0 Å². The minimum absolute atomic E-state index is 0.00286. The van der Waals surface area contributed by atoms with Crippen LogP contribution in [0.5, 0.6) is 5.75 Å². The van der Waals surface area contributed by atoms with Crippen molar-refractivity contribution >= 4 is 16.9 Å². The molecule has 1 amide bonds. The molecule has 1 aliphatic heterocycles. The Kier molecular flexibility index (Phi) is 5.45. The van der Waals surface area contributed by atoms with Crippen LogP contribution in [0.1, 0.15) is 41.5 Å². The average Bonchev–Trinajstić information content (AvgIpc) is 3.51. The molecule has 2 heterocycles. The highest BCUT2D eigenvalue weighted by molar-refractivity contribution is 5.88. The smallest absolute Gasteiger partial charge is 0.224 e. The Bertz CT molecular complexity index is 1030. The first-order valence-electron chi connectivity index (χ1n) is 10.9. The highest BCUT2D eigenvalue weighted by Gasteiger charge is 2.17. The lowest BCUT2D eigenvalue weighted by atomic mass is 10.0. The summed E-state index contributed by atoms with van der Waals surface area (Å²) in [4.78, 5) is 12.5. The van der Waals surface area contributed by atoms with Gasteiger partial charge >= 0.3 is 0 Å². The van der Waals surface area contributed by atoms with Crippen LogP contribution in [0.15, 0.2) is 47.1 Å². The van der Waals surface area contributed by atoms with Gasteiger partial charge in [-0.2, -0.15) is 0 Å². The molecule has 30 heavy (non-hydrogen) atoms. The lowest BCUT2D eigenvalue weighted by Gasteiger charge is -2.12. The predicted molar refractivity (Wildman–Crippen MR) is 115 cm³/mol. The van der Waals surface area contributed by atoms with Crippen LogP contribution in [0, 0.1) is 0 Å². The highest BCUT2D eigenvalue weighted by atomic mass is 16.5. The van der Waals surface area contributed by atoms with E-state index >= 15 is 0 Å². The molecule has 2 aliphatic rings. The number of hydrogen-bond acceptors (Lipinski definition) is 4. The molecular weight excluding hydrogens is 378 g/mol. The van der Waals surface area contributed by atoms with Crippen molar-refractivity contribution < 1.29 is 18.7 Å². The molecule has 1 unspecified atom stereocenters. The molecule has 0 spiro atoms. The van der Waals surface area contributed by atoms with Crippen LogP contribution < -0.4 is 10.1 Å². The summed E-state index contributed by atoms with van der Waals surface area (Å²) in [6, 6.07) is 12.2. The van der Waals surface area contributed by atoms with Crippen LogP contribution >= 0.6 is 0 Å². The topological polar surface area (TPSA) is 60.7 Å². The summed E-state index contributed by atoms with van der Waals surface area (Å²) in [6.45, 7) is 1.93. The summed E-state index contributed by atoms with van der Waals surface area (Å²) in [6.07, 6.45) is 7.89. The maximum atomic E-state index is 12.5. The molecule has 1 N–H and O–H groups in total. The lowest BCUT2D eigenvalue weighted by Crippen LogP contribution is -2.24. The van der Waals surface area contributed by atoms with Crippen molar-refractivity contribution in [1.29, 1.82) is 0 Å². The summed E-state index contributed by atoms with van der Waals surface area (Å²) in [5.74, 6) is 0.829. The van der Waals surface area contributed by atoms with Gasteiger partial charge in [0.1, 0.15) is 17.9 Å². The zero-order chi connectivity index (χ0) is 20.3. The minimum Gasteiger partial charge on any atom is -0.491 e. The summed E-state index contributed by atoms with van der Waals surface area (Å²) >= 11 is 0. The van der Waals surface area contributed by atoms with E-state index in [1.54, 1.807) is 6.26 Å². The molecule has 1 saturated heterocycles. The first-order valence-corrected chi connectivity index (χ1v) is 10.9. The predicted octanol–water partition coefficient (Wildman–Crippen LogP) is 4.34. The number of rotatable bonds is 7. The van der Waals surface area contributed by atoms with Crippen molar-refractivity contribution in [1.82, 2.24) is 5.32 Å². The summed E-state index contributed by atoms with van der Waals surface area (Å²) in [7, 11) is 0. The second-order valence-corrected chi connectivity index (χ2v) is 8.28. The van der Waals surface area contributed by atoms with E-state index in [4.69, 9.17) is 13.9 Å². The summed E-state index contributed by atoms with van der Waals surface area (Å²) in [5.41, 5.74) is 5.67. The monoisotopic (exact) mass is 405 g/mol. The number of amides is 1. The molecular formula is C25H27NO4. The van der Waals surface area contributed by atoms with Gasteiger partial charge in [-0.3, -0.25) is 4.79 Å². The summed E-state index contributed by atoms with van der Waals surface area (Å²) < 4.78 is 17.1. The summed E-state index contributed by atoms with van der Waals surface area (Å²) in [5, 5.41) is 4.08. The van der Waals surface area contributed by atoms with E-state index in [1.165, 1.54) is 17.5 Å². The van der Waals surface area contributed by atoms with E-state index in [0.29, 0.717) is 19.6 Å². The van der Waals surface area contributed by atoms with Crippen LogP contribution in [-0.2, 0) is 35.3 Å². The van der Waals surface area contributed by atoms with E-state index in [0.717, 1.165) is 60.1 Å². The van der Waals surface area contributed by atoms with Gasteiger partial charge < -0.3 is 19.2 Å². The van der Waals surface area contributed by atoms with Gasteiger partial charge in [-0.05, 0) is 73.1 Å². The molecule has 1 fully saturated rings. The molecule has 5 heteroatoms. The SMILES string of the molecule is O=C(Cc1coc2cc3c(cc12)CCC3)NCc1ccc(OCC2CCCO2)cc1. The molecule has 5 rings (SSSR count). The molecule has 1 atom stereocenters. The number of aryl methyl sites for hydroxylation is 2. The van der Waals surface area contributed by atoms with Crippen LogP contribution in [0.2, 0.25) is 0 Å². The zero-order valence-electron chi connectivity index (χ0n) is 17.1. The number of fused-ring (bicyclic) bond motifs is 2. The Morgan fingerprint density at radius 2 is 1.93 bits per heavy atom. The fourth-order valence-electron chi connectivity index (χ4n) is 4.39. The second kappa shape index (κ2) is 8.52. The van der Waals surface area contributed by atoms with Gasteiger partial charge in [0.15, 0.2) is 0 Å². The van der Waals surface area contributed by atoms with E-state index in [2.05, 4.69) is 17.4 Å². The fraction of sp³-hybridized carbons (Fsp3) is 0.400. The zero-order valence-corrected chi connectivity index (χ0v) is 17.1. The highest BCUT2D eigenvalue weighted by Crippen LogP contribution is 2.30. The van der Waals surface area contributed by atoms with Gasteiger partial charge in [-0.15, -0.1) is 0 Å². The van der Waals surface area contributed by atoms with E-state index in [1.807, 2.05) is 24.3 Å². The molecule has 156 valence electrons. The van der Waals surface area contributed by atoms with Gasteiger partial charge in [-0.1, -0.05) is 12.1 Å². The van der Waals surface area contributed by atoms with Gasteiger partial charge in [0, 0.05) is 24.1 Å². The van der Waals surface area contributed by atoms with Crippen molar-refractivity contribution in [2.75, 3.05) is 13.2 Å². The van der Waals surface area contributed by atoms with Crippen LogP contribution in [-0.4, -0.2) is 25.2 Å². The third-order valence-corrected chi connectivity index (χ3v) is 6.09. The largest absolute Gasteiger partial charge is 0.491 e. The average molecular weight is 405 g/mol. The Morgan fingerprint density at radius 1 is 1.10 bits per heavy atom. The van der Waals surface area contributed by atoms with Gasteiger partial charge in [0.25, 0.3) is 0 Å². The molecule has 1 aromatic heterocycles. The van der Waals surface area contributed by atoms with Gasteiger partial charge in [-0.25, -0.2) is 0 Å². The van der Waals surface area contributed by atoms with E-state index < -0.39 is 0 Å². The van der Waals surface area contributed by atoms with E-state index in [-0.39, 0.29) is 12.0 Å². The second-order valence-electron chi connectivity index (χ2n) is 8.28. The number of benzene rings is 2. The molecule has 0 bridgehead atoms. The van der Waals surface area contributed by atoms with E-state index in [9.17, 15) is 4.79 Å². The Hall–Kier alpha value is -2.79. The van der Waals surface area contributed by atoms with Crippen molar-refractivity contribution in [3.63, 3.8) is 0 Å². The molecule has 1 aliphatic carbocycles. The Morgan fingerprint density at radius 3 is 2.73 bits per heavy atom. The quantitative estimate of drug-likeness (QED) is 0.635. The normalized spacial score (nSPS) is 17.9. The number of carbonyl (C=O) groups excluding carboxylic acids is 1.